The number of carbonyl (C=O) groups excluding carboxylic acids is 2. The van der Waals surface area contributed by atoms with E-state index in [1.807, 2.05) is 12.1 Å². The first kappa shape index (κ1) is 18.3. The molecule has 4 unspecified atom stereocenters. The van der Waals surface area contributed by atoms with E-state index in [2.05, 4.69) is 4.90 Å². The topological polar surface area (TPSA) is 65.1 Å². The Kier molecular flexibility index (Phi) is 3.36. The number of ether oxygens (including phenoxy) is 3. The summed E-state index contributed by atoms with van der Waals surface area (Å²) < 4.78 is 17.0. The van der Waals surface area contributed by atoms with Crippen LogP contribution in [0.15, 0.2) is 12.1 Å². The fourth-order valence-corrected chi connectivity index (χ4v) is 8.03. The summed E-state index contributed by atoms with van der Waals surface area (Å²) in [5.74, 6) is 2.60. The lowest BCUT2D eigenvalue weighted by molar-refractivity contribution is -0.135. The number of methoxy groups -OCH3 is 2. The van der Waals surface area contributed by atoms with Crippen molar-refractivity contribution in [2.75, 3.05) is 27.3 Å². The van der Waals surface area contributed by atoms with Crippen LogP contribution < -0.4 is 9.47 Å². The summed E-state index contributed by atoms with van der Waals surface area (Å²) in [6.45, 7) is 2.23. The number of fused-ring (bicyclic) bond motifs is 1. The van der Waals surface area contributed by atoms with Crippen LogP contribution in [0.5, 0.6) is 11.5 Å². The van der Waals surface area contributed by atoms with Crippen LogP contribution in [0.3, 0.4) is 0 Å². The molecule has 6 aliphatic rings. The summed E-state index contributed by atoms with van der Waals surface area (Å²) in [7, 11) is 3.03. The van der Waals surface area contributed by atoms with Crippen LogP contribution in [0, 0.1) is 11.8 Å². The summed E-state index contributed by atoms with van der Waals surface area (Å²) in [6, 6.07) is 2.46. The molecule has 7 rings (SSSR count). The number of hydrogen-bond donors (Lipinski definition) is 0. The maximum absolute atomic E-state index is 13.1. The molecule has 162 valence electrons. The number of rotatable bonds is 5. The summed E-state index contributed by atoms with van der Waals surface area (Å²) in [5.41, 5.74) is 3.34. The lowest BCUT2D eigenvalue weighted by Gasteiger charge is -2.59. The standard InChI is InChI=1S/C25H27NO5/c1-29-17-9-14(5-8-18(28)30-2)19-20-21(17)31-23-16(27)7-6-15-22-24(19,11-25(15,20)23)12-26(22)10-13-3-4-13/h5,8-9,13,15,22-23H,3-4,6-7,10-12H2,1-2H3/b8-5+/t15?,22?,23?,24?,25-/m1/s1. The normalized spacial score (nSPS) is 38.6. The molecule has 1 aromatic carbocycles. The zero-order valence-corrected chi connectivity index (χ0v) is 18.0. The van der Waals surface area contributed by atoms with E-state index in [1.165, 1.54) is 43.7 Å². The molecule has 4 fully saturated rings. The van der Waals surface area contributed by atoms with E-state index in [1.54, 1.807) is 7.11 Å². The smallest absolute Gasteiger partial charge is 0.330 e. The molecule has 2 bridgehead atoms. The summed E-state index contributed by atoms with van der Waals surface area (Å²) in [5, 5.41) is 0. The van der Waals surface area contributed by atoms with Gasteiger partial charge < -0.3 is 14.2 Å². The highest BCUT2D eigenvalue weighted by Crippen LogP contribution is 2.77. The number of benzene rings is 1. The zero-order chi connectivity index (χ0) is 21.1. The van der Waals surface area contributed by atoms with Crippen LogP contribution in [0.1, 0.15) is 48.8 Å². The van der Waals surface area contributed by atoms with Crippen LogP contribution in [-0.2, 0) is 25.2 Å². The van der Waals surface area contributed by atoms with Gasteiger partial charge in [-0.3, -0.25) is 9.69 Å². The van der Waals surface area contributed by atoms with Gasteiger partial charge in [0.1, 0.15) is 0 Å². The predicted octanol–water partition coefficient (Wildman–Crippen LogP) is 2.61. The number of nitrogens with zero attached hydrogens (tertiary/aromatic N) is 1. The van der Waals surface area contributed by atoms with Crippen molar-refractivity contribution in [1.82, 2.24) is 4.90 Å². The van der Waals surface area contributed by atoms with E-state index in [-0.39, 0.29) is 28.7 Å². The molecular weight excluding hydrogens is 394 g/mol. The maximum atomic E-state index is 13.1. The number of ketones is 1. The van der Waals surface area contributed by atoms with Gasteiger partial charge in [0.25, 0.3) is 0 Å². The molecule has 6 heteroatoms. The average Bonchev–Trinajstić information content (AvgIpc) is 3.37. The van der Waals surface area contributed by atoms with E-state index in [0.717, 1.165) is 36.6 Å². The first-order valence-electron chi connectivity index (χ1n) is 11.5. The van der Waals surface area contributed by atoms with Gasteiger partial charge in [0.15, 0.2) is 23.4 Å². The second kappa shape index (κ2) is 5.71. The third kappa shape index (κ3) is 1.99. The van der Waals surface area contributed by atoms with Crippen molar-refractivity contribution in [2.24, 2.45) is 11.8 Å². The van der Waals surface area contributed by atoms with E-state index < -0.39 is 0 Å². The van der Waals surface area contributed by atoms with Gasteiger partial charge >= 0.3 is 5.97 Å². The van der Waals surface area contributed by atoms with Gasteiger partial charge in [0, 0.05) is 48.0 Å². The quantitative estimate of drug-likeness (QED) is 0.538. The highest BCUT2D eigenvalue weighted by Gasteiger charge is 2.80. The molecule has 2 heterocycles. The van der Waals surface area contributed by atoms with Crippen LogP contribution in [-0.4, -0.2) is 56.1 Å². The Morgan fingerprint density at radius 3 is 2.87 bits per heavy atom. The molecular formula is C25H27NO5. The molecule has 0 radical (unpaired) electrons. The van der Waals surface area contributed by atoms with E-state index in [0.29, 0.717) is 24.1 Å². The number of carbonyl (C=O) groups is 2. The van der Waals surface area contributed by atoms with Gasteiger partial charge in [-0.2, -0.15) is 0 Å². The molecule has 4 aliphatic carbocycles. The molecule has 2 aliphatic heterocycles. The SMILES string of the molecule is COC(=O)/C=C/c1cc(OC)c2c3c1C14CN(CC5CC5)C1C1CCC(=O)C(O2)[C@@]31C4. The zero-order valence-electron chi connectivity index (χ0n) is 18.0. The van der Waals surface area contributed by atoms with Crippen molar-refractivity contribution in [3.05, 3.63) is 28.8 Å². The number of likely N-dealkylation sites (tertiary alicyclic amines) is 1. The Morgan fingerprint density at radius 1 is 1.29 bits per heavy atom. The second-order valence-electron chi connectivity index (χ2n) is 10.4. The van der Waals surface area contributed by atoms with Gasteiger partial charge in [-0.15, -0.1) is 0 Å². The number of esters is 1. The summed E-state index contributed by atoms with van der Waals surface area (Å²) in [4.78, 5) is 27.6. The molecule has 31 heavy (non-hydrogen) atoms. The highest BCUT2D eigenvalue weighted by molar-refractivity contribution is 5.92. The molecule has 1 saturated heterocycles. The Morgan fingerprint density at radius 2 is 2.13 bits per heavy atom. The lowest BCUT2D eigenvalue weighted by Crippen LogP contribution is -2.68. The third-order valence-corrected chi connectivity index (χ3v) is 9.04. The maximum Gasteiger partial charge on any atom is 0.330 e. The van der Waals surface area contributed by atoms with Crippen molar-refractivity contribution < 1.29 is 23.8 Å². The Hall–Kier alpha value is -2.34. The largest absolute Gasteiger partial charge is 0.493 e. The summed E-state index contributed by atoms with van der Waals surface area (Å²) in [6.07, 6.45) is 8.22. The molecule has 0 amide bonds. The summed E-state index contributed by atoms with van der Waals surface area (Å²) >= 11 is 0. The first-order valence-corrected chi connectivity index (χ1v) is 11.5. The average molecular weight is 421 g/mol. The van der Waals surface area contributed by atoms with Crippen molar-refractivity contribution in [2.45, 2.75) is 55.1 Å². The van der Waals surface area contributed by atoms with Gasteiger partial charge in [-0.25, -0.2) is 4.79 Å². The third-order valence-electron chi connectivity index (χ3n) is 9.04. The molecule has 6 nitrogen and oxygen atoms in total. The monoisotopic (exact) mass is 421 g/mol. The minimum atomic E-state index is -0.388. The first-order chi connectivity index (χ1) is 15.0. The molecule has 5 atom stereocenters. The van der Waals surface area contributed by atoms with Gasteiger partial charge in [-0.05, 0) is 60.8 Å². The van der Waals surface area contributed by atoms with Crippen molar-refractivity contribution >= 4 is 17.8 Å². The minimum absolute atomic E-state index is 0.0539. The van der Waals surface area contributed by atoms with Crippen molar-refractivity contribution in [3.8, 4) is 11.5 Å². The highest BCUT2D eigenvalue weighted by atomic mass is 16.5. The fourth-order valence-electron chi connectivity index (χ4n) is 8.03. The van der Waals surface area contributed by atoms with Gasteiger partial charge in [-0.1, -0.05) is 0 Å². The van der Waals surface area contributed by atoms with Crippen molar-refractivity contribution in [3.63, 3.8) is 0 Å². The Bertz CT molecular complexity index is 1070. The fraction of sp³-hybridized carbons (Fsp3) is 0.600. The molecule has 0 aromatic heterocycles. The van der Waals surface area contributed by atoms with Crippen LogP contribution in [0.25, 0.3) is 6.08 Å². The van der Waals surface area contributed by atoms with E-state index >= 15 is 0 Å². The molecule has 2 spiro atoms. The van der Waals surface area contributed by atoms with Gasteiger partial charge in [0.2, 0.25) is 0 Å². The predicted molar refractivity (Wildman–Crippen MR) is 112 cm³/mol. The van der Waals surface area contributed by atoms with Gasteiger partial charge in [0.05, 0.1) is 14.2 Å². The Labute approximate surface area is 181 Å². The number of hydrogen-bond acceptors (Lipinski definition) is 6. The van der Waals surface area contributed by atoms with Crippen LogP contribution in [0.2, 0.25) is 0 Å². The lowest BCUT2D eigenvalue weighted by atomic mass is 9.57. The molecule has 1 aromatic rings. The Balaban J connectivity index is 1.44. The minimum Gasteiger partial charge on any atom is -0.493 e. The van der Waals surface area contributed by atoms with E-state index in [9.17, 15) is 9.59 Å². The molecule has 3 saturated carbocycles. The van der Waals surface area contributed by atoms with Crippen molar-refractivity contribution in [1.29, 1.82) is 0 Å². The molecule has 0 N–H and O–H groups in total. The van der Waals surface area contributed by atoms with Crippen LogP contribution >= 0.6 is 0 Å². The second-order valence-corrected chi connectivity index (χ2v) is 10.4. The number of Topliss-reactive ketones (excluding diaryl/α,β-unsaturated/α-hetero) is 1. The van der Waals surface area contributed by atoms with E-state index in [4.69, 9.17) is 14.2 Å². The van der Waals surface area contributed by atoms with Crippen LogP contribution in [0.4, 0.5) is 0 Å².